The van der Waals surface area contributed by atoms with Gasteiger partial charge in [-0.2, -0.15) is 0 Å². The van der Waals surface area contributed by atoms with Crippen LogP contribution in [0.25, 0.3) is 0 Å². The van der Waals surface area contributed by atoms with Gasteiger partial charge in [0.2, 0.25) is 18.6 Å². The van der Waals surface area contributed by atoms with E-state index in [1.54, 1.807) is 13.8 Å². The van der Waals surface area contributed by atoms with Gasteiger partial charge in [0.25, 0.3) is 0 Å². The van der Waals surface area contributed by atoms with Gasteiger partial charge in [0.15, 0.2) is 23.0 Å². The van der Waals surface area contributed by atoms with E-state index >= 15 is 0 Å². The summed E-state index contributed by atoms with van der Waals surface area (Å²) >= 11 is 0. The molecule has 2 amide bonds. The standard InChI is InChI=1S/C32H42N4O8/c1-7-8-22(37)34-16(4)31(40)33-12-21-24-18(26(38)15(3)29-30(24)44-13-43-29)11-19-25-23-17(9-14(2)28(42-6)27(23)39)10-20(35(25)5)32(41)36(19)21/h9,16,19-21,25,32,38-39,41H,7-8,10-13H2,1-6H3,(H,33,40)(H,34,37)/t16-,19?,20-,21-,25-,32-/m0/s1. The molecule has 0 spiro atoms. The van der Waals surface area contributed by atoms with E-state index in [0.29, 0.717) is 59.6 Å². The van der Waals surface area contributed by atoms with Crippen LogP contribution in [0.4, 0.5) is 0 Å². The first-order chi connectivity index (χ1) is 21.0. The SMILES string of the molecule is CCCC(=O)N[C@@H](C)C(=O)NC[C@H]1c2c(c(O)c(C)c3c2OCO3)CC2[C@H]3c4c(cc(C)c(OC)c4O)C[C@@H]([C@H](O)N21)N3C. The summed E-state index contributed by atoms with van der Waals surface area (Å²) < 4.78 is 17.3. The van der Waals surface area contributed by atoms with Crippen LogP contribution < -0.4 is 24.8 Å². The number of aliphatic hydroxyl groups excluding tert-OH is 1. The van der Waals surface area contributed by atoms with Gasteiger partial charge in [-0.1, -0.05) is 13.0 Å². The van der Waals surface area contributed by atoms with Crippen molar-refractivity contribution in [2.45, 2.75) is 89.8 Å². The first-order valence-electron chi connectivity index (χ1n) is 15.3. The molecule has 0 radical (unpaired) electrons. The normalized spacial score (nSPS) is 25.8. The van der Waals surface area contributed by atoms with Crippen LogP contribution in [0.2, 0.25) is 0 Å². The fourth-order valence-electron chi connectivity index (χ4n) is 7.81. The van der Waals surface area contributed by atoms with Crippen LogP contribution in [0.5, 0.6) is 28.7 Å². The van der Waals surface area contributed by atoms with E-state index in [0.717, 1.165) is 16.7 Å². The minimum absolute atomic E-state index is 0.00793. The summed E-state index contributed by atoms with van der Waals surface area (Å²) in [5, 5.41) is 40.8. The Kier molecular flexibility index (Phi) is 7.79. The number of hydrogen-bond donors (Lipinski definition) is 5. The molecule has 4 heterocycles. The summed E-state index contributed by atoms with van der Waals surface area (Å²) in [4.78, 5) is 29.5. The fourth-order valence-corrected chi connectivity index (χ4v) is 7.81. The third kappa shape index (κ3) is 4.53. The number of carbonyl (C=O) groups is 2. The van der Waals surface area contributed by atoms with Crippen LogP contribution in [-0.2, 0) is 22.4 Å². The average molecular weight is 611 g/mol. The van der Waals surface area contributed by atoms with Crippen molar-refractivity contribution in [3.63, 3.8) is 0 Å². The number of piperazine rings is 1. The van der Waals surface area contributed by atoms with Crippen LogP contribution in [0, 0.1) is 13.8 Å². The molecule has 2 aromatic rings. The van der Waals surface area contributed by atoms with Crippen molar-refractivity contribution < 1.29 is 39.1 Å². The monoisotopic (exact) mass is 610 g/mol. The van der Waals surface area contributed by atoms with Gasteiger partial charge in [-0.05, 0) is 58.2 Å². The third-order valence-electron chi connectivity index (χ3n) is 9.84. The van der Waals surface area contributed by atoms with Crippen molar-refractivity contribution in [2.24, 2.45) is 0 Å². The second-order valence-electron chi connectivity index (χ2n) is 12.4. The average Bonchev–Trinajstić information content (AvgIpc) is 3.47. The molecule has 1 unspecified atom stereocenters. The maximum atomic E-state index is 13.2. The smallest absolute Gasteiger partial charge is 0.242 e. The lowest BCUT2D eigenvalue weighted by Crippen LogP contribution is -2.69. The molecule has 1 fully saturated rings. The van der Waals surface area contributed by atoms with Gasteiger partial charge >= 0.3 is 0 Å². The molecule has 2 aromatic carbocycles. The number of benzene rings is 2. The second kappa shape index (κ2) is 11.3. The predicted octanol–water partition coefficient (Wildman–Crippen LogP) is 2.07. The zero-order valence-corrected chi connectivity index (χ0v) is 26.1. The molecule has 4 aliphatic heterocycles. The second-order valence-corrected chi connectivity index (χ2v) is 12.4. The van der Waals surface area contributed by atoms with Gasteiger partial charge in [0.1, 0.15) is 18.0 Å². The number of likely N-dealkylation sites (N-methyl/N-ethyl adjacent to an activating group) is 1. The molecule has 1 saturated heterocycles. The number of hydrogen-bond acceptors (Lipinski definition) is 10. The Morgan fingerprint density at radius 3 is 2.55 bits per heavy atom. The van der Waals surface area contributed by atoms with Gasteiger partial charge < -0.3 is 40.2 Å². The number of aromatic hydroxyl groups is 2. The Bertz CT molecular complexity index is 1510. The van der Waals surface area contributed by atoms with E-state index in [1.165, 1.54) is 7.11 Å². The molecular weight excluding hydrogens is 568 g/mol. The Labute approximate surface area is 256 Å². The number of carbonyl (C=O) groups excluding carboxylic acids is 2. The summed E-state index contributed by atoms with van der Waals surface area (Å²) in [6.45, 7) is 7.26. The largest absolute Gasteiger partial charge is 0.507 e. The Morgan fingerprint density at radius 1 is 1.11 bits per heavy atom. The van der Waals surface area contributed by atoms with Crippen molar-refractivity contribution in [1.29, 1.82) is 0 Å². The zero-order valence-electron chi connectivity index (χ0n) is 26.1. The lowest BCUT2D eigenvalue weighted by atomic mass is 9.73. The van der Waals surface area contributed by atoms with Crippen molar-refractivity contribution >= 4 is 11.8 Å². The molecule has 0 aliphatic carbocycles. The number of fused-ring (bicyclic) bond motifs is 9. The highest BCUT2D eigenvalue weighted by atomic mass is 16.7. The maximum absolute atomic E-state index is 13.2. The summed E-state index contributed by atoms with van der Waals surface area (Å²) in [7, 11) is 3.48. The number of phenolic OH excluding ortho intramolecular Hbond substituents is 2. The first-order valence-corrected chi connectivity index (χ1v) is 15.3. The molecular formula is C32H42N4O8. The minimum Gasteiger partial charge on any atom is -0.507 e. The van der Waals surface area contributed by atoms with E-state index < -0.39 is 24.4 Å². The molecule has 0 aromatic heterocycles. The number of phenols is 2. The molecule has 238 valence electrons. The highest BCUT2D eigenvalue weighted by molar-refractivity contribution is 5.87. The van der Waals surface area contributed by atoms with Crippen molar-refractivity contribution in [3.8, 4) is 28.7 Å². The summed E-state index contributed by atoms with van der Waals surface area (Å²) in [5.74, 6) is 0.949. The van der Waals surface area contributed by atoms with Crippen molar-refractivity contribution in [1.82, 2.24) is 20.4 Å². The Hall–Kier alpha value is -3.74. The minimum atomic E-state index is -0.947. The van der Waals surface area contributed by atoms with Crippen LogP contribution in [0.15, 0.2) is 6.07 Å². The van der Waals surface area contributed by atoms with E-state index in [1.807, 2.05) is 31.9 Å². The Balaban J connectivity index is 1.45. The van der Waals surface area contributed by atoms with E-state index in [4.69, 9.17) is 14.2 Å². The molecule has 12 nitrogen and oxygen atoms in total. The molecule has 6 rings (SSSR count). The third-order valence-corrected chi connectivity index (χ3v) is 9.84. The lowest BCUT2D eigenvalue weighted by molar-refractivity contribution is -0.172. The molecule has 5 N–H and O–H groups in total. The number of nitrogens with one attached hydrogen (secondary N) is 2. The molecule has 2 bridgehead atoms. The Morgan fingerprint density at radius 2 is 1.84 bits per heavy atom. The van der Waals surface area contributed by atoms with E-state index in [-0.39, 0.29) is 48.7 Å². The number of rotatable bonds is 7. The van der Waals surface area contributed by atoms with Gasteiger partial charge in [-0.15, -0.1) is 0 Å². The van der Waals surface area contributed by atoms with Crippen molar-refractivity contribution in [3.05, 3.63) is 39.4 Å². The lowest BCUT2D eigenvalue weighted by Gasteiger charge is -2.60. The molecule has 0 saturated carbocycles. The molecule has 44 heavy (non-hydrogen) atoms. The number of methoxy groups -OCH3 is 1. The van der Waals surface area contributed by atoms with E-state index in [2.05, 4.69) is 15.5 Å². The summed E-state index contributed by atoms with van der Waals surface area (Å²) in [5.41, 5.74) is 4.38. The van der Waals surface area contributed by atoms with E-state index in [9.17, 15) is 24.9 Å². The highest BCUT2D eigenvalue weighted by Gasteiger charge is 2.56. The molecule has 6 atom stereocenters. The number of nitrogens with zero attached hydrogens (tertiary/aromatic N) is 2. The van der Waals surface area contributed by atoms with Crippen molar-refractivity contribution in [2.75, 3.05) is 27.5 Å². The van der Waals surface area contributed by atoms with Crippen LogP contribution in [0.1, 0.15) is 72.2 Å². The van der Waals surface area contributed by atoms with Crippen LogP contribution >= 0.6 is 0 Å². The number of amides is 2. The number of aliphatic hydroxyl groups is 1. The summed E-state index contributed by atoms with van der Waals surface area (Å²) in [6, 6.07) is -0.423. The fraction of sp³-hybridized carbons (Fsp3) is 0.562. The zero-order chi connectivity index (χ0) is 31.6. The number of ether oxygens (including phenoxy) is 3. The molecule has 12 heteroatoms. The highest BCUT2D eigenvalue weighted by Crippen LogP contribution is 2.57. The summed E-state index contributed by atoms with van der Waals surface area (Å²) in [6.07, 6.45) is 0.892. The first kappa shape index (κ1) is 30.3. The molecule has 4 aliphatic rings. The quantitative estimate of drug-likeness (QED) is 0.315. The van der Waals surface area contributed by atoms with Gasteiger partial charge in [0.05, 0.1) is 25.2 Å². The topological polar surface area (TPSA) is 153 Å². The maximum Gasteiger partial charge on any atom is 0.242 e. The number of aryl methyl sites for hydroxylation is 1. The van der Waals surface area contributed by atoms with Crippen LogP contribution in [0.3, 0.4) is 0 Å². The van der Waals surface area contributed by atoms with Crippen LogP contribution in [-0.4, -0.2) is 88.8 Å². The van der Waals surface area contributed by atoms with Gasteiger partial charge in [-0.3, -0.25) is 19.4 Å². The van der Waals surface area contributed by atoms with Gasteiger partial charge in [0, 0.05) is 41.3 Å². The van der Waals surface area contributed by atoms with Gasteiger partial charge in [-0.25, -0.2) is 0 Å². The predicted molar refractivity (Wildman–Crippen MR) is 160 cm³/mol.